The highest BCUT2D eigenvalue weighted by molar-refractivity contribution is 6.73. The molecular weight excluding hydrogens is 302 g/mol. The molecule has 0 unspecified atom stereocenters. The molecule has 0 spiro atoms. The zero-order valence-electron chi connectivity index (χ0n) is 15.3. The molecule has 0 aromatic heterocycles. The average Bonchev–Trinajstić information content (AvgIpc) is 2.29. The quantitative estimate of drug-likeness (QED) is 0.420. The Balaban J connectivity index is 5.46. The van der Waals surface area contributed by atoms with E-state index in [-0.39, 0.29) is 23.3 Å². The maximum atomic E-state index is 10.5. The molecular formula is C15H33NO5Si. The first-order valence-corrected chi connectivity index (χ1v) is 9.40. The first-order valence-electron chi connectivity index (χ1n) is 7.58. The van der Waals surface area contributed by atoms with Crippen molar-refractivity contribution in [1.82, 2.24) is 0 Å². The number of carbonyl (C=O) groups is 1. The lowest BCUT2D eigenvalue weighted by molar-refractivity contribution is 0.0162. The molecule has 0 rings (SSSR count). The number of nitrogens with two attached hydrogens (primary N) is 1. The monoisotopic (exact) mass is 335 g/mol. The molecule has 0 aromatic carbocycles. The summed E-state index contributed by atoms with van der Waals surface area (Å²) in [6, 6.07) is 0. The molecule has 0 bridgehead atoms. The van der Waals surface area contributed by atoms with Crippen molar-refractivity contribution >= 4 is 14.7 Å². The van der Waals surface area contributed by atoms with Gasteiger partial charge in [0.15, 0.2) is 0 Å². The van der Waals surface area contributed by atoms with Crippen LogP contribution in [0.4, 0.5) is 4.79 Å². The number of hydrogen-bond acceptors (Lipinski definition) is 5. The fourth-order valence-electron chi connectivity index (χ4n) is 2.64. The third kappa shape index (κ3) is 5.53. The molecule has 3 N–H and O–H groups in total. The predicted octanol–water partition coefficient (Wildman–Crippen LogP) is 3.49. The van der Waals surface area contributed by atoms with Crippen molar-refractivity contribution in [3.05, 3.63) is 0 Å². The lowest BCUT2D eigenvalue weighted by Crippen LogP contribution is -2.62. The van der Waals surface area contributed by atoms with Gasteiger partial charge >= 0.3 is 14.7 Å². The summed E-state index contributed by atoms with van der Waals surface area (Å²) >= 11 is 0. The lowest BCUT2D eigenvalue weighted by Gasteiger charge is -2.52. The maximum Gasteiger partial charge on any atom is 0.505 e. The summed E-state index contributed by atoms with van der Waals surface area (Å²) in [6.45, 7) is 17.0. The van der Waals surface area contributed by atoms with Gasteiger partial charge in [-0.25, -0.2) is 4.79 Å². The smallest absolute Gasteiger partial charge is 0.450 e. The Morgan fingerprint density at radius 1 is 1.00 bits per heavy atom. The van der Waals surface area contributed by atoms with E-state index in [1.807, 2.05) is 13.8 Å². The highest BCUT2D eigenvalue weighted by Gasteiger charge is 2.60. The Kier molecular flexibility index (Phi) is 7.08. The summed E-state index contributed by atoms with van der Waals surface area (Å²) in [5.41, 5.74) is 5.32. The van der Waals surface area contributed by atoms with Gasteiger partial charge in [0, 0.05) is 16.6 Å². The van der Waals surface area contributed by atoms with Crippen molar-refractivity contribution in [3.63, 3.8) is 0 Å². The van der Waals surface area contributed by atoms with Crippen LogP contribution in [0, 0.1) is 0 Å². The van der Waals surface area contributed by atoms with Gasteiger partial charge in [-0.15, -0.1) is 0 Å². The highest BCUT2D eigenvalue weighted by Crippen LogP contribution is 2.53. The number of hydrogen-bond donors (Lipinski definition) is 2. The Bertz CT molecular complexity index is 357. The molecule has 0 fully saturated rings. The molecule has 0 aliphatic rings. The average molecular weight is 336 g/mol. The summed E-state index contributed by atoms with van der Waals surface area (Å²) in [4.78, 5) is 10.5. The van der Waals surface area contributed by atoms with Crippen LogP contribution in [0.25, 0.3) is 0 Å². The van der Waals surface area contributed by atoms with Crippen molar-refractivity contribution in [3.8, 4) is 0 Å². The molecule has 0 aliphatic heterocycles. The van der Waals surface area contributed by atoms with E-state index in [0.717, 1.165) is 0 Å². The van der Waals surface area contributed by atoms with E-state index in [2.05, 4.69) is 46.3 Å². The maximum absolute atomic E-state index is 10.5. The number of ether oxygens (including phenoxy) is 1. The first kappa shape index (κ1) is 21.4. The van der Waals surface area contributed by atoms with Crippen LogP contribution in [0.5, 0.6) is 0 Å². The first-order chi connectivity index (χ1) is 9.68. The fraction of sp³-hybridized carbons (Fsp3) is 0.933. The van der Waals surface area contributed by atoms with Gasteiger partial charge in [0.05, 0.1) is 12.2 Å². The topological polar surface area (TPSA) is 91.0 Å². The largest absolute Gasteiger partial charge is 0.505 e. The minimum Gasteiger partial charge on any atom is -0.450 e. The summed E-state index contributed by atoms with van der Waals surface area (Å²) in [6.07, 6.45) is -1.30. The molecule has 7 heteroatoms. The molecule has 0 radical (unpaired) electrons. The number of rotatable bonds is 7. The zero-order chi connectivity index (χ0) is 17.8. The standard InChI is InChI=1S/C15H33NO5Si/c1-13(2,3)22(14(4,5)6,21-15(7,8)11-16)20-10-9-19-12(17)18/h9-11,16H2,1-8H3,(H,17,18). The van der Waals surface area contributed by atoms with Gasteiger partial charge in [-0.2, -0.15) is 0 Å². The fourth-order valence-corrected chi connectivity index (χ4v) is 7.66. The van der Waals surface area contributed by atoms with E-state index in [9.17, 15) is 4.79 Å². The molecule has 6 nitrogen and oxygen atoms in total. The van der Waals surface area contributed by atoms with Crippen molar-refractivity contribution in [2.45, 2.75) is 71.1 Å². The van der Waals surface area contributed by atoms with Gasteiger partial charge in [0.2, 0.25) is 0 Å². The van der Waals surface area contributed by atoms with Crippen molar-refractivity contribution < 1.29 is 23.5 Å². The molecule has 0 atom stereocenters. The molecule has 132 valence electrons. The van der Waals surface area contributed by atoms with E-state index < -0.39 is 20.3 Å². The van der Waals surface area contributed by atoms with Crippen LogP contribution in [0.2, 0.25) is 10.1 Å². The van der Waals surface area contributed by atoms with Gasteiger partial charge in [0.25, 0.3) is 0 Å². The molecule has 22 heavy (non-hydrogen) atoms. The Hall–Kier alpha value is -0.633. The van der Waals surface area contributed by atoms with Gasteiger partial charge in [-0.05, 0) is 13.8 Å². The van der Waals surface area contributed by atoms with Gasteiger partial charge in [0.1, 0.15) is 6.61 Å². The predicted molar refractivity (Wildman–Crippen MR) is 89.3 cm³/mol. The summed E-state index contributed by atoms with van der Waals surface area (Å²) in [7, 11) is -2.78. The van der Waals surface area contributed by atoms with Crippen LogP contribution >= 0.6 is 0 Å². The SMILES string of the molecule is CC(C)(CN)O[Si](OCCOC(=O)O)(C(C)(C)C)C(C)(C)C. The van der Waals surface area contributed by atoms with Crippen molar-refractivity contribution in [1.29, 1.82) is 0 Å². The van der Waals surface area contributed by atoms with Crippen LogP contribution in [-0.2, 0) is 13.6 Å². The van der Waals surface area contributed by atoms with E-state index in [4.69, 9.17) is 19.7 Å². The second-order valence-corrected chi connectivity index (χ2v) is 12.9. The molecule has 0 aromatic rings. The number of carboxylic acid groups (broad SMARTS) is 1. The lowest BCUT2D eigenvalue weighted by atomic mass is 10.1. The summed E-state index contributed by atoms with van der Waals surface area (Å²) in [5, 5.41) is 8.13. The Morgan fingerprint density at radius 2 is 1.45 bits per heavy atom. The van der Waals surface area contributed by atoms with E-state index in [1.165, 1.54) is 0 Å². The van der Waals surface area contributed by atoms with E-state index in [1.54, 1.807) is 0 Å². The normalized spacial score (nSPS) is 14.0. The molecule has 0 saturated heterocycles. The van der Waals surface area contributed by atoms with Crippen LogP contribution in [0.15, 0.2) is 0 Å². The van der Waals surface area contributed by atoms with E-state index in [0.29, 0.717) is 6.54 Å². The van der Waals surface area contributed by atoms with Crippen LogP contribution in [0.1, 0.15) is 55.4 Å². The van der Waals surface area contributed by atoms with Gasteiger partial charge in [-0.1, -0.05) is 41.5 Å². The van der Waals surface area contributed by atoms with Crippen molar-refractivity contribution in [2.75, 3.05) is 19.8 Å². The van der Waals surface area contributed by atoms with Crippen LogP contribution in [-0.4, -0.2) is 45.2 Å². The van der Waals surface area contributed by atoms with Crippen molar-refractivity contribution in [2.24, 2.45) is 5.73 Å². The third-order valence-electron chi connectivity index (χ3n) is 3.50. The summed E-state index contributed by atoms with van der Waals surface area (Å²) in [5.74, 6) is 0. The second-order valence-electron chi connectivity index (χ2n) is 8.15. The molecule has 0 heterocycles. The zero-order valence-corrected chi connectivity index (χ0v) is 16.3. The third-order valence-corrected chi connectivity index (χ3v) is 8.90. The van der Waals surface area contributed by atoms with Gasteiger partial charge in [-0.3, -0.25) is 0 Å². The Morgan fingerprint density at radius 3 is 1.77 bits per heavy atom. The second kappa shape index (κ2) is 7.29. The molecule has 0 aliphatic carbocycles. The minimum absolute atomic E-state index is 0.0113. The Labute approximate surface area is 135 Å². The summed E-state index contributed by atoms with van der Waals surface area (Å²) < 4.78 is 17.3. The van der Waals surface area contributed by atoms with Crippen LogP contribution < -0.4 is 5.73 Å². The minimum atomic E-state index is -2.78. The molecule has 0 saturated carbocycles. The highest BCUT2D eigenvalue weighted by atomic mass is 28.4. The van der Waals surface area contributed by atoms with Crippen LogP contribution in [0.3, 0.4) is 0 Å². The molecule has 0 amide bonds. The van der Waals surface area contributed by atoms with Gasteiger partial charge < -0.3 is 24.4 Å². The van der Waals surface area contributed by atoms with E-state index >= 15 is 0 Å².